The van der Waals surface area contributed by atoms with E-state index in [0.717, 1.165) is 12.2 Å². The van der Waals surface area contributed by atoms with Crippen molar-refractivity contribution in [3.63, 3.8) is 0 Å². The van der Waals surface area contributed by atoms with E-state index in [-0.39, 0.29) is 0 Å². The molecule has 44 valence electrons. The molecule has 0 amide bonds. The molecule has 0 rings (SSSR count). The molecule has 0 aliphatic heterocycles. The minimum atomic E-state index is 1.09. The summed E-state index contributed by atoms with van der Waals surface area (Å²) in [6.45, 7) is 0. The third-order valence-corrected chi connectivity index (χ3v) is 0.271. The zero-order valence-corrected chi connectivity index (χ0v) is 4.11. The maximum atomic E-state index is 9.26. The summed E-state index contributed by atoms with van der Waals surface area (Å²) >= 11 is 0. The van der Waals surface area contributed by atoms with Crippen LogP contribution in [0.5, 0.6) is 0 Å². The zero-order valence-electron chi connectivity index (χ0n) is 4.11. The van der Waals surface area contributed by atoms with Crippen LogP contribution in [0.15, 0.2) is 20.4 Å². The molecule has 0 radical (unpaired) electrons. The van der Waals surface area contributed by atoms with Crippen LogP contribution < -0.4 is 0 Å². The highest BCUT2D eigenvalue weighted by Gasteiger charge is 1.55. The molecule has 0 spiro atoms. The molecule has 0 aromatic rings. The van der Waals surface area contributed by atoms with Gasteiger partial charge in [0.05, 0.1) is 0 Å². The van der Waals surface area contributed by atoms with Crippen molar-refractivity contribution in [3.05, 3.63) is 0 Å². The molecule has 0 bridgehead atoms. The van der Waals surface area contributed by atoms with Gasteiger partial charge in [0.1, 0.15) is 6.01 Å². The molecule has 0 saturated heterocycles. The van der Waals surface area contributed by atoms with Crippen LogP contribution in [0.1, 0.15) is 0 Å². The highest BCUT2D eigenvalue weighted by Crippen LogP contribution is 1.61. The van der Waals surface area contributed by atoms with Crippen molar-refractivity contribution in [3.8, 4) is 0 Å². The topological polar surface area (TPSA) is 83.6 Å². The molecule has 6 heteroatoms. The average molecular weight is 124 g/mol. The predicted molar refractivity (Wildman–Crippen MR) is 26.1 cm³/mol. The molecule has 0 fully saturated rings. The van der Waals surface area contributed by atoms with Gasteiger partial charge in [-0.25, -0.2) is 9.59 Å². The van der Waals surface area contributed by atoms with Gasteiger partial charge < -0.3 is 0 Å². The van der Waals surface area contributed by atoms with Gasteiger partial charge >= 0.3 is 0 Å². The van der Waals surface area contributed by atoms with Crippen LogP contribution in [0.3, 0.4) is 0 Å². The van der Waals surface area contributed by atoms with E-state index in [1.807, 2.05) is 0 Å². The van der Waals surface area contributed by atoms with Crippen molar-refractivity contribution in [2.75, 3.05) is 0 Å². The van der Waals surface area contributed by atoms with E-state index in [9.17, 15) is 9.59 Å². The number of hydrogen-bond donors (Lipinski definition) is 0. The summed E-state index contributed by atoms with van der Waals surface area (Å²) in [5, 5.41) is 11.0. The molecule has 6 nitrogen and oxygen atoms in total. The number of rotatable bonds is 2. The molecule has 0 aromatic heterocycles. The Kier molecular flexibility index (Phi) is 4.87. The van der Waals surface area contributed by atoms with Crippen LogP contribution in [0.25, 0.3) is 0 Å². The van der Waals surface area contributed by atoms with E-state index in [1.165, 1.54) is 0 Å². The molecule has 0 saturated carbocycles. The highest BCUT2D eigenvalue weighted by molar-refractivity contribution is 5.44. The summed E-state index contributed by atoms with van der Waals surface area (Å²) in [5.41, 5.74) is 0. The lowest BCUT2D eigenvalue weighted by molar-refractivity contribution is 0.563. The molecular weight excluding hydrogens is 124 g/mol. The lowest BCUT2D eigenvalue weighted by Crippen LogP contribution is -1.51. The van der Waals surface area contributed by atoms with Crippen LogP contribution in [0.4, 0.5) is 0 Å². The van der Waals surface area contributed by atoms with Crippen LogP contribution in [0.2, 0.25) is 0 Å². The first kappa shape index (κ1) is 7.14. The smallest absolute Gasteiger partial charge is 0.209 e. The molecule has 0 N–H and O–H groups in total. The van der Waals surface area contributed by atoms with E-state index < -0.39 is 0 Å². The van der Waals surface area contributed by atoms with E-state index >= 15 is 0 Å². The van der Waals surface area contributed by atoms with Gasteiger partial charge in [-0.2, -0.15) is 0 Å². The third-order valence-electron chi connectivity index (χ3n) is 0.271. The van der Waals surface area contributed by atoms with Crippen molar-refractivity contribution in [2.24, 2.45) is 20.4 Å². The van der Waals surface area contributed by atoms with Crippen LogP contribution in [-0.4, -0.2) is 18.2 Å². The van der Waals surface area contributed by atoms with Crippen molar-refractivity contribution < 1.29 is 9.59 Å². The maximum Gasteiger partial charge on any atom is 0.261 e. The Morgan fingerprint density at radius 2 is 1.22 bits per heavy atom. The van der Waals surface area contributed by atoms with Gasteiger partial charge in [0.15, 0.2) is 0 Å². The molecule has 0 unspecified atom stereocenters. The first-order chi connectivity index (χ1) is 4.41. The number of carbonyl (C=O) groups excluding carboxylic acids is 2. The number of nitrogens with zero attached hydrogens (tertiary/aromatic N) is 4. The monoisotopic (exact) mass is 124 g/mol. The van der Waals surface area contributed by atoms with Gasteiger partial charge in [-0.15, -0.1) is 0 Å². The normalized spacial score (nSPS) is 5.33. The molecule has 0 aliphatic rings. The number of isocyanates is 2. The van der Waals surface area contributed by atoms with Crippen LogP contribution in [-0.2, 0) is 9.59 Å². The maximum absolute atomic E-state index is 9.26. The summed E-state index contributed by atoms with van der Waals surface area (Å²) in [6, 6.07) is 1.78. The van der Waals surface area contributed by atoms with Gasteiger partial charge in [0.25, 0.3) is 12.2 Å². The Bertz CT molecular complexity index is 204. The molecule has 0 atom stereocenters. The van der Waals surface area contributed by atoms with E-state index in [1.54, 1.807) is 6.01 Å². The first-order valence-corrected chi connectivity index (χ1v) is 1.70. The standard InChI is InChI=1S/C3N4O2/c8-2-6-4-1-5-7-3-9. The predicted octanol–water partition coefficient (Wildman–Crippen LogP) is -0.338. The van der Waals surface area contributed by atoms with Crippen LogP contribution in [0, 0.1) is 0 Å². The Labute approximate surface area is 49.3 Å². The Morgan fingerprint density at radius 3 is 1.56 bits per heavy atom. The Morgan fingerprint density at radius 1 is 0.778 bits per heavy atom. The lowest BCUT2D eigenvalue weighted by Gasteiger charge is -1.54. The second-order valence-corrected chi connectivity index (χ2v) is 0.683. The summed E-state index contributed by atoms with van der Waals surface area (Å²) < 4.78 is 0. The Hall–Kier alpha value is -1.86. The van der Waals surface area contributed by atoms with Gasteiger partial charge in [0, 0.05) is 0 Å². The summed E-state index contributed by atoms with van der Waals surface area (Å²) in [5.74, 6) is 0. The van der Waals surface area contributed by atoms with Crippen LogP contribution >= 0.6 is 0 Å². The second kappa shape index (κ2) is 6.14. The van der Waals surface area contributed by atoms with Crippen molar-refractivity contribution in [1.29, 1.82) is 0 Å². The van der Waals surface area contributed by atoms with Gasteiger partial charge in [-0.1, -0.05) is 20.4 Å². The largest absolute Gasteiger partial charge is 0.261 e. The van der Waals surface area contributed by atoms with Crippen molar-refractivity contribution in [1.82, 2.24) is 0 Å². The first-order valence-electron chi connectivity index (χ1n) is 1.70. The quantitative estimate of drug-likeness (QED) is 0.286. The fourth-order valence-electron chi connectivity index (χ4n) is 0.106. The third kappa shape index (κ3) is 6.14. The number of hydrogen-bond acceptors (Lipinski definition) is 6. The zero-order chi connectivity index (χ0) is 6.95. The fraction of sp³-hybridized carbons (Fsp3) is 0. The highest BCUT2D eigenvalue weighted by atomic mass is 16.1. The van der Waals surface area contributed by atoms with Gasteiger partial charge in [0.2, 0.25) is 0 Å². The fourth-order valence-corrected chi connectivity index (χ4v) is 0.106. The van der Waals surface area contributed by atoms with E-state index in [2.05, 4.69) is 20.4 Å². The Balaban J connectivity index is 3.96. The summed E-state index contributed by atoms with van der Waals surface area (Å²) in [7, 11) is 0. The van der Waals surface area contributed by atoms with E-state index in [4.69, 9.17) is 0 Å². The lowest BCUT2D eigenvalue weighted by atomic mass is 11.5. The summed E-state index contributed by atoms with van der Waals surface area (Å²) in [4.78, 5) is 18.5. The molecular formula is C3N4O2. The molecule has 0 aromatic carbocycles. The van der Waals surface area contributed by atoms with Crippen molar-refractivity contribution >= 4 is 18.2 Å². The van der Waals surface area contributed by atoms with Crippen molar-refractivity contribution in [2.45, 2.75) is 0 Å². The second-order valence-electron chi connectivity index (χ2n) is 0.683. The van der Waals surface area contributed by atoms with E-state index in [0.29, 0.717) is 0 Å². The molecule has 0 aliphatic carbocycles. The molecule has 0 heterocycles. The molecule has 9 heavy (non-hydrogen) atoms. The minimum Gasteiger partial charge on any atom is -0.209 e. The minimum absolute atomic E-state index is 1.09. The average Bonchev–Trinajstić information content (AvgIpc) is 1.89. The van der Waals surface area contributed by atoms with Gasteiger partial charge in [-0.3, -0.25) is 0 Å². The summed E-state index contributed by atoms with van der Waals surface area (Å²) in [6.07, 6.45) is 2.18. The van der Waals surface area contributed by atoms with Gasteiger partial charge in [-0.05, 0) is 0 Å². The SMILES string of the molecule is O=C=NN=C=NN=C=O.